The molecule has 0 bridgehead atoms. The molecule has 0 aliphatic carbocycles. The minimum Gasteiger partial charge on any atom is -0.414 e. The summed E-state index contributed by atoms with van der Waals surface area (Å²) in [6.45, 7) is 1.46. The first-order valence-electron chi connectivity index (χ1n) is 8.50. The molecule has 0 saturated carbocycles. The molecule has 0 aliphatic rings. The smallest absolute Gasteiger partial charge is 0.270 e. The Morgan fingerprint density at radius 2 is 1.71 bits per heavy atom. The summed E-state index contributed by atoms with van der Waals surface area (Å²) >= 11 is 0. The van der Waals surface area contributed by atoms with Gasteiger partial charge in [-0.05, 0) is 24.3 Å². The van der Waals surface area contributed by atoms with Crippen molar-refractivity contribution in [2.75, 3.05) is 11.1 Å². The minimum atomic E-state index is -0.132. The van der Waals surface area contributed by atoms with E-state index >= 15 is 0 Å². The second kappa shape index (κ2) is 7.28. The molecule has 0 fully saturated rings. The minimum absolute atomic E-state index is 0. The molecule has 0 aliphatic heterocycles. The number of amides is 1. The van der Waals surface area contributed by atoms with E-state index in [0.29, 0.717) is 23.0 Å². The molecule has 3 N–H and O–H groups in total. The Kier molecular flexibility index (Phi) is 4.51. The molecule has 144 valence electrons. The van der Waals surface area contributed by atoms with Crippen LogP contribution in [-0.4, -0.2) is 26.1 Å². The van der Waals surface area contributed by atoms with Crippen molar-refractivity contribution in [1.82, 2.24) is 20.2 Å². The maximum Gasteiger partial charge on any atom is 0.270 e. The van der Waals surface area contributed by atoms with Crippen LogP contribution in [0.25, 0.3) is 34.3 Å². The molecule has 2 heterocycles. The standard InChI is InChI=1S/C20H16N6O2.3H2/c1-12(27)23-15-9-7-13(8-10-15)16-11-22-18(21)17(24-16)20-26-25-19(28-20)14-5-3-2-4-6-14;;;/h2-11H,1H3,(H2,21,22)(H,23,27);3*1H. The highest BCUT2D eigenvalue weighted by molar-refractivity contribution is 5.88. The average molecular weight is 378 g/mol. The lowest BCUT2D eigenvalue weighted by atomic mass is 10.1. The van der Waals surface area contributed by atoms with Gasteiger partial charge < -0.3 is 15.5 Å². The first kappa shape index (κ1) is 17.3. The van der Waals surface area contributed by atoms with Crippen molar-refractivity contribution in [1.29, 1.82) is 0 Å². The zero-order chi connectivity index (χ0) is 19.5. The molecule has 0 radical (unpaired) electrons. The first-order chi connectivity index (χ1) is 13.6. The molecular formula is C20H22N6O2. The Bertz CT molecular complexity index is 1140. The van der Waals surface area contributed by atoms with Gasteiger partial charge in [-0.25, -0.2) is 9.97 Å². The van der Waals surface area contributed by atoms with Crippen LogP contribution >= 0.6 is 0 Å². The SMILES string of the molecule is CC(=O)Nc1ccc(-c2cnc(N)c(-c3nnc(-c4ccccc4)o3)n2)cc1.[HH].[HH].[HH]. The van der Waals surface area contributed by atoms with Gasteiger partial charge in [-0.3, -0.25) is 4.79 Å². The quantitative estimate of drug-likeness (QED) is 0.547. The number of nitrogens with one attached hydrogen (secondary N) is 1. The van der Waals surface area contributed by atoms with E-state index in [9.17, 15) is 4.79 Å². The highest BCUT2D eigenvalue weighted by Crippen LogP contribution is 2.28. The number of benzene rings is 2. The van der Waals surface area contributed by atoms with Gasteiger partial charge >= 0.3 is 0 Å². The van der Waals surface area contributed by atoms with Gasteiger partial charge in [0, 0.05) is 28.0 Å². The number of nitrogens with two attached hydrogens (primary N) is 1. The van der Waals surface area contributed by atoms with Gasteiger partial charge in [0.1, 0.15) is 0 Å². The van der Waals surface area contributed by atoms with Gasteiger partial charge in [0.2, 0.25) is 11.8 Å². The van der Waals surface area contributed by atoms with Crippen LogP contribution in [0.2, 0.25) is 0 Å². The molecular weight excluding hydrogens is 356 g/mol. The summed E-state index contributed by atoms with van der Waals surface area (Å²) in [7, 11) is 0. The van der Waals surface area contributed by atoms with Crippen molar-refractivity contribution >= 4 is 17.4 Å². The van der Waals surface area contributed by atoms with Crippen LogP contribution in [0.4, 0.5) is 11.5 Å². The number of nitrogen functional groups attached to an aromatic ring is 1. The lowest BCUT2D eigenvalue weighted by Gasteiger charge is -2.06. The molecule has 0 saturated heterocycles. The van der Waals surface area contributed by atoms with Gasteiger partial charge in [0.05, 0.1) is 11.9 Å². The predicted molar refractivity (Wildman–Crippen MR) is 111 cm³/mol. The molecule has 0 spiro atoms. The Hall–Kier alpha value is -4.07. The van der Waals surface area contributed by atoms with E-state index in [2.05, 4.69) is 25.5 Å². The van der Waals surface area contributed by atoms with Gasteiger partial charge in [-0.2, -0.15) is 0 Å². The van der Waals surface area contributed by atoms with Crippen LogP contribution in [-0.2, 0) is 4.79 Å². The highest BCUT2D eigenvalue weighted by Gasteiger charge is 2.16. The Balaban J connectivity index is 0.00000160. The maximum absolute atomic E-state index is 11.1. The van der Waals surface area contributed by atoms with Crippen molar-refractivity contribution in [3.8, 4) is 34.3 Å². The predicted octanol–water partition coefficient (Wildman–Crippen LogP) is 4.14. The van der Waals surface area contributed by atoms with Gasteiger partial charge in [0.25, 0.3) is 5.89 Å². The van der Waals surface area contributed by atoms with Crippen molar-refractivity contribution < 1.29 is 13.5 Å². The second-order valence-electron chi connectivity index (χ2n) is 6.03. The molecule has 28 heavy (non-hydrogen) atoms. The zero-order valence-electron chi connectivity index (χ0n) is 15.0. The third kappa shape index (κ3) is 3.56. The van der Waals surface area contributed by atoms with E-state index < -0.39 is 0 Å². The molecule has 1 amide bonds. The van der Waals surface area contributed by atoms with Crippen LogP contribution in [0.15, 0.2) is 65.2 Å². The van der Waals surface area contributed by atoms with E-state index in [4.69, 9.17) is 10.2 Å². The number of hydrogen-bond donors (Lipinski definition) is 2. The summed E-state index contributed by atoms with van der Waals surface area (Å²) in [5.41, 5.74) is 9.20. The number of nitrogens with zero attached hydrogens (tertiary/aromatic N) is 4. The summed E-state index contributed by atoms with van der Waals surface area (Å²) < 4.78 is 5.74. The van der Waals surface area contributed by atoms with Crippen LogP contribution in [0.5, 0.6) is 0 Å². The summed E-state index contributed by atoms with van der Waals surface area (Å²) in [4.78, 5) is 19.9. The van der Waals surface area contributed by atoms with Crippen LogP contribution in [0.3, 0.4) is 0 Å². The average Bonchev–Trinajstić information content (AvgIpc) is 3.19. The summed E-state index contributed by atoms with van der Waals surface area (Å²) in [6.07, 6.45) is 1.57. The molecule has 4 rings (SSSR count). The van der Waals surface area contributed by atoms with E-state index in [0.717, 1.165) is 11.1 Å². The van der Waals surface area contributed by atoms with Crippen LogP contribution < -0.4 is 11.1 Å². The van der Waals surface area contributed by atoms with E-state index in [-0.39, 0.29) is 21.9 Å². The summed E-state index contributed by atoms with van der Waals surface area (Å²) in [5, 5.41) is 10.8. The second-order valence-corrected chi connectivity index (χ2v) is 6.03. The largest absolute Gasteiger partial charge is 0.414 e. The molecule has 8 nitrogen and oxygen atoms in total. The number of aromatic nitrogens is 4. The number of carbonyl (C=O) groups excluding carboxylic acids is 1. The third-order valence-corrected chi connectivity index (χ3v) is 3.95. The van der Waals surface area contributed by atoms with Gasteiger partial charge in [0.15, 0.2) is 11.5 Å². The fourth-order valence-electron chi connectivity index (χ4n) is 2.64. The Morgan fingerprint density at radius 3 is 2.43 bits per heavy atom. The van der Waals surface area contributed by atoms with Crippen molar-refractivity contribution in [3.05, 3.63) is 60.8 Å². The third-order valence-electron chi connectivity index (χ3n) is 3.95. The molecule has 2 aromatic carbocycles. The number of rotatable bonds is 4. The molecule has 0 atom stereocenters. The Morgan fingerprint density at radius 1 is 1.00 bits per heavy atom. The van der Waals surface area contributed by atoms with E-state index in [1.54, 1.807) is 18.3 Å². The highest BCUT2D eigenvalue weighted by atomic mass is 16.4. The molecule has 8 heteroatoms. The lowest BCUT2D eigenvalue weighted by Crippen LogP contribution is -2.05. The zero-order valence-corrected chi connectivity index (χ0v) is 15.0. The van der Waals surface area contributed by atoms with Crippen LogP contribution in [0, 0.1) is 0 Å². The number of carbonyl (C=O) groups is 1. The van der Waals surface area contributed by atoms with E-state index in [1.807, 2.05) is 42.5 Å². The summed E-state index contributed by atoms with van der Waals surface area (Å²) in [5.74, 6) is 0.636. The number of hydrogen-bond acceptors (Lipinski definition) is 7. The fraction of sp³-hybridized carbons (Fsp3) is 0.0500. The normalized spacial score (nSPS) is 10.6. The number of anilines is 2. The lowest BCUT2D eigenvalue weighted by molar-refractivity contribution is -0.114. The summed E-state index contributed by atoms with van der Waals surface area (Å²) in [6, 6.07) is 16.7. The maximum atomic E-state index is 11.1. The monoisotopic (exact) mass is 378 g/mol. The van der Waals surface area contributed by atoms with Crippen LogP contribution in [0.1, 0.15) is 11.2 Å². The van der Waals surface area contributed by atoms with E-state index in [1.165, 1.54) is 6.92 Å². The van der Waals surface area contributed by atoms with Crippen molar-refractivity contribution in [2.24, 2.45) is 0 Å². The Labute approximate surface area is 164 Å². The van der Waals surface area contributed by atoms with Crippen molar-refractivity contribution in [2.45, 2.75) is 6.92 Å². The molecule has 2 aromatic heterocycles. The molecule has 4 aromatic rings. The topological polar surface area (TPSA) is 120 Å². The first-order valence-corrected chi connectivity index (χ1v) is 8.50. The van der Waals surface area contributed by atoms with Gasteiger partial charge in [-0.1, -0.05) is 30.3 Å². The van der Waals surface area contributed by atoms with Crippen molar-refractivity contribution in [3.63, 3.8) is 0 Å². The van der Waals surface area contributed by atoms with Gasteiger partial charge in [-0.15, -0.1) is 10.2 Å². The molecule has 0 unspecified atom stereocenters. The fourth-order valence-corrected chi connectivity index (χ4v) is 2.64.